The number of hydrogen-bond donors (Lipinski definition) is 2. The van der Waals surface area contributed by atoms with Crippen LogP contribution in [0.1, 0.15) is 40.3 Å². The number of fused-ring (bicyclic) bond motifs is 1. The molecule has 2 aliphatic rings. The van der Waals surface area contributed by atoms with Gasteiger partial charge in [0.2, 0.25) is 0 Å². The number of nitrogens with zero attached hydrogens (tertiary/aromatic N) is 2. The number of aryl methyl sites for hydroxylation is 1. The lowest BCUT2D eigenvalue weighted by Gasteiger charge is -2.26. The molecule has 35 heavy (non-hydrogen) atoms. The van der Waals surface area contributed by atoms with Gasteiger partial charge >= 0.3 is 0 Å². The molecule has 2 heterocycles. The van der Waals surface area contributed by atoms with Crippen LogP contribution in [0.15, 0.2) is 27.7 Å². The number of hydrazone groups is 1. The van der Waals surface area contributed by atoms with Gasteiger partial charge in [-0.05, 0) is 38.0 Å². The zero-order valence-corrected chi connectivity index (χ0v) is 21.0. The van der Waals surface area contributed by atoms with Crippen LogP contribution in [0.5, 0.6) is 5.75 Å². The van der Waals surface area contributed by atoms with Crippen LogP contribution in [0.25, 0.3) is 0 Å². The van der Waals surface area contributed by atoms with Crippen molar-refractivity contribution in [1.82, 2.24) is 15.6 Å². The summed E-state index contributed by atoms with van der Waals surface area (Å²) in [5, 5.41) is 8.04. The molecular formula is C24H28Cl2N4O5. The van der Waals surface area contributed by atoms with Crippen molar-refractivity contribution < 1.29 is 23.5 Å². The summed E-state index contributed by atoms with van der Waals surface area (Å²) in [7, 11) is 0. The van der Waals surface area contributed by atoms with Crippen molar-refractivity contribution >= 4 is 40.7 Å². The molecule has 1 aliphatic heterocycles. The maximum Gasteiger partial charge on any atom is 0.287 e. The predicted octanol–water partition coefficient (Wildman–Crippen LogP) is 3.19. The minimum atomic E-state index is -0.433. The molecule has 0 unspecified atom stereocenters. The number of morpholine rings is 1. The number of furan rings is 1. The second-order valence-corrected chi connectivity index (χ2v) is 9.22. The molecule has 0 atom stereocenters. The molecule has 1 aliphatic carbocycles. The van der Waals surface area contributed by atoms with Crippen LogP contribution in [-0.2, 0) is 16.0 Å². The van der Waals surface area contributed by atoms with E-state index in [1.807, 2.05) is 6.92 Å². The van der Waals surface area contributed by atoms with Gasteiger partial charge in [-0.1, -0.05) is 23.2 Å². The molecule has 2 amide bonds. The van der Waals surface area contributed by atoms with E-state index in [4.69, 9.17) is 37.1 Å². The Morgan fingerprint density at radius 3 is 2.77 bits per heavy atom. The van der Waals surface area contributed by atoms with Gasteiger partial charge in [-0.3, -0.25) is 14.5 Å². The molecule has 11 heteroatoms. The highest BCUT2D eigenvalue weighted by Crippen LogP contribution is 2.30. The van der Waals surface area contributed by atoms with Gasteiger partial charge in [-0.2, -0.15) is 5.10 Å². The van der Waals surface area contributed by atoms with Gasteiger partial charge in [0, 0.05) is 48.7 Å². The topological polar surface area (TPSA) is 105 Å². The molecule has 1 saturated heterocycles. The van der Waals surface area contributed by atoms with E-state index in [9.17, 15) is 9.59 Å². The molecule has 1 aromatic heterocycles. The second-order valence-electron chi connectivity index (χ2n) is 8.37. The minimum absolute atomic E-state index is 0.248. The number of carbonyl (C=O) groups excluding carboxylic acids is 2. The fourth-order valence-corrected chi connectivity index (χ4v) is 4.59. The standard InChI is InChI=1S/C24H28Cl2N4O5/c1-15-22-18(28-29-21(31)14-34-19-6-5-16(25)13-17(19)26)3-2-4-20(22)35-23(15)24(32)27-7-8-30-9-11-33-12-10-30/h5-6,13H,2-4,7-12,14H2,1H3,(H,27,32)(H,29,31)/b28-18+. The Kier molecular flexibility index (Phi) is 8.67. The van der Waals surface area contributed by atoms with Gasteiger partial charge in [0.1, 0.15) is 11.5 Å². The second kappa shape index (κ2) is 11.9. The lowest BCUT2D eigenvalue weighted by molar-refractivity contribution is -0.123. The summed E-state index contributed by atoms with van der Waals surface area (Å²) in [6.07, 6.45) is 2.18. The number of halogens is 2. The van der Waals surface area contributed by atoms with Crippen LogP contribution in [0.3, 0.4) is 0 Å². The summed E-state index contributed by atoms with van der Waals surface area (Å²) in [6, 6.07) is 4.76. The van der Waals surface area contributed by atoms with Gasteiger partial charge in [-0.25, -0.2) is 5.43 Å². The van der Waals surface area contributed by atoms with Crippen LogP contribution in [0, 0.1) is 6.92 Å². The van der Waals surface area contributed by atoms with Crippen LogP contribution >= 0.6 is 23.2 Å². The third-order valence-corrected chi connectivity index (χ3v) is 6.45. The van der Waals surface area contributed by atoms with Gasteiger partial charge in [0.15, 0.2) is 12.4 Å². The lowest BCUT2D eigenvalue weighted by Crippen LogP contribution is -2.41. The lowest BCUT2D eigenvalue weighted by atomic mass is 9.93. The molecule has 2 aromatic rings. The average molecular weight is 523 g/mol. The van der Waals surface area contributed by atoms with Crippen molar-refractivity contribution in [2.75, 3.05) is 46.0 Å². The van der Waals surface area contributed by atoms with Crippen molar-refractivity contribution in [1.29, 1.82) is 0 Å². The Labute approximate surface area is 213 Å². The van der Waals surface area contributed by atoms with E-state index >= 15 is 0 Å². The van der Waals surface area contributed by atoms with Crippen molar-refractivity contribution in [3.63, 3.8) is 0 Å². The Morgan fingerprint density at radius 1 is 1.20 bits per heavy atom. The molecule has 188 valence electrons. The Morgan fingerprint density at radius 2 is 2.00 bits per heavy atom. The van der Waals surface area contributed by atoms with E-state index in [0.717, 1.165) is 50.4 Å². The van der Waals surface area contributed by atoms with E-state index in [0.29, 0.717) is 52.4 Å². The van der Waals surface area contributed by atoms with Gasteiger partial charge in [-0.15, -0.1) is 0 Å². The molecule has 2 N–H and O–H groups in total. The highest BCUT2D eigenvalue weighted by Gasteiger charge is 2.28. The average Bonchev–Trinajstić information content (AvgIpc) is 3.20. The Bertz CT molecular complexity index is 1110. The molecule has 0 bridgehead atoms. The molecule has 0 radical (unpaired) electrons. The number of hydrogen-bond acceptors (Lipinski definition) is 7. The van der Waals surface area contributed by atoms with Crippen molar-refractivity contribution in [3.8, 4) is 5.75 Å². The monoisotopic (exact) mass is 522 g/mol. The number of carbonyl (C=O) groups is 2. The Hall–Kier alpha value is -2.59. The summed E-state index contributed by atoms with van der Waals surface area (Å²) >= 11 is 11.9. The first-order chi connectivity index (χ1) is 16.9. The number of rotatable bonds is 8. The quantitative estimate of drug-likeness (QED) is 0.515. The molecule has 1 fully saturated rings. The van der Waals surface area contributed by atoms with Crippen molar-refractivity contribution in [2.24, 2.45) is 5.10 Å². The van der Waals surface area contributed by atoms with Crippen molar-refractivity contribution in [3.05, 3.63) is 50.9 Å². The first-order valence-electron chi connectivity index (χ1n) is 11.6. The smallest absolute Gasteiger partial charge is 0.287 e. The highest BCUT2D eigenvalue weighted by atomic mass is 35.5. The maximum atomic E-state index is 12.8. The van der Waals surface area contributed by atoms with Crippen LogP contribution in [0.4, 0.5) is 0 Å². The molecule has 9 nitrogen and oxygen atoms in total. The summed E-state index contributed by atoms with van der Waals surface area (Å²) in [6.45, 7) is 6.05. The maximum absolute atomic E-state index is 12.8. The van der Waals surface area contributed by atoms with Crippen LogP contribution in [-0.4, -0.2) is 68.4 Å². The summed E-state index contributed by atoms with van der Waals surface area (Å²) < 4.78 is 16.7. The number of nitrogens with one attached hydrogen (secondary N) is 2. The summed E-state index contributed by atoms with van der Waals surface area (Å²) in [5.74, 6) is 0.677. The third kappa shape index (κ3) is 6.55. The zero-order chi connectivity index (χ0) is 24.8. The molecule has 0 saturated carbocycles. The van der Waals surface area contributed by atoms with Crippen molar-refractivity contribution in [2.45, 2.75) is 26.2 Å². The Balaban J connectivity index is 1.35. The normalized spacial score (nSPS) is 17.2. The fraction of sp³-hybridized carbons (Fsp3) is 0.458. The van der Waals surface area contributed by atoms with E-state index in [2.05, 4.69) is 20.7 Å². The number of ether oxygens (including phenoxy) is 2. The SMILES string of the molecule is Cc1c(C(=O)NCCN2CCOCC2)oc2c1/C(=N/NC(=O)COc1ccc(Cl)cc1Cl)CCC2. The number of amides is 2. The van der Waals surface area contributed by atoms with E-state index in [1.54, 1.807) is 12.1 Å². The first-order valence-corrected chi connectivity index (χ1v) is 12.3. The predicted molar refractivity (Wildman–Crippen MR) is 133 cm³/mol. The highest BCUT2D eigenvalue weighted by molar-refractivity contribution is 6.35. The molecule has 1 aromatic carbocycles. The van der Waals surface area contributed by atoms with Crippen LogP contribution in [0.2, 0.25) is 10.0 Å². The summed E-state index contributed by atoms with van der Waals surface area (Å²) in [5.41, 5.74) is 4.72. The molecule has 0 spiro atoms. The first kappa shape index (κ1) is 25.5. The zero-order valence-electron chi connectivity index (χ0n) is 19.5. The minimum Gasteiger partial charge on any atom is -0.482 e. The van der Waals surface area contributed by atoms with E-state index in [-0.39, 0.29) is 12.5 Å². The van der Waals surface area contributed by atoms with E-state index in [1.165, 1.54) is 6.07 Å². The molecular weight excluding hydrogens is 495 g/mol. The van der Waals surface area contributed by atoms with Gasteiger partial charge in [0.05, 0.1) is 23.9 Å². The van der Waals surface area contributed by atoms with E-state index < -0.39 is 5.91 Å². The van der Waals surface area contributed by atoms with Gasteiger partial charge in [0.25, 0.3) is 11.8 Å². The van der Waals surface area contributed by atoms with Gasteiger partial charge < -0.3 is 19.2 Å². The summed E-state index contributed by atoms with van der Waals surface area (Å²) in [4.78, 5) is 27.3. The van der Waals surface area contributed by atoms with Crippen LogP contribution < -0.4 is 15.5 Å². The fourth-order valence-electron chi connectivity index (χ4n) is 4.13. The third-order valence-electron chi connectivity index (χ3n) is 5.92. The molecule has 4 rings (SSSR count). The largest absolute Gasteiger partial charge is 0.482 e. The number of benzene rings is 1.